The van der Waals surface area contributed by atoms with Gasteiger partial charge in [-0.1, -0.05) is 43.0 Å². The highest BCUT2D eigenvalue weighted by atomic mass is 32.2. The fourth-order valence-electron chi connectivity index (χ4n) is 3.01. The quantitative estimate of drug-likeness (QED) is 0.598. The van der Waals surface area contributed by atoms with Gasteiger partial charge in [-0.3, -0.25) is 4.90 Å². The Morgan fingerprint density at radius 3 is 2.96 bits per heavy atom. The number of benzene rings is 1. The molecule has 1 fully saturated rings. The second-order valence-electron chi connectivity index (χ2n) is 5.80. The molecule has 0 spiro atoms. The van der Waals surface area contributed by atoms with Crippen molar-refractivity contribution < 1.29 is 19.7 Å². The Labute approximate surface area is 154 Å². The molecule has 0 amide bonds. The van der Waals surface area contributed by atoms with Crippen LogP contribution in [0.2, 0.25) is 0 Å². The molecule has 0 aromatic heterocycles. The second kappa shape index (κ2) is 7.04. The van der Waals surface area contributed by atoms with Crippen LogP contribution in [0.5, 0.6) is 0 Å². The number of allylic oxidation sites excluding steroid dienone is 1. The summed E-state index contributed by atoms with van der Waals surface area (Å²) in [4.78, 5) is 14.0. The van der Waals surface area contributed by atoms with E-state index >= 15 is 0 Å². The van der Waals surface area contributed by atoms with Gasteiger partial charge in [0.15, 0.2) is 0 Å². The van der Waals surface area contributed by atoms with Crippen LogP contribution in [-0.4, -0.2) is 37.7 Å². The normalized spacial score (nSPS) is 22.9. The Kier molecular flexibility index (Phi) is 4.99. The number of thiocarbonyl (C=S) groups is 1. The van der Waals surface area contributed by atoms with Crippen LogP contribution < -0.4 is 0 Å². The number of hydrogen-bond acceptors (Lipinski definition) is 6. The number of aliphatic hydroxyl groups is 1. The zero-order chi connectivity index (χ0) is 18.1. The predicted molar refractivity (Wildman–Crippen MR) is 96.6 cm³/mol. The van der Waals surface area contributed by atoms with Gasteiger partial charge in [0.2, 0.25) is 5.88 Å². The van der Waals surface area contributed by atoms with Crippen LogP contribution in [0.4, 0.5) is 4.79 Å². The summed E-state index contributed by atoms with van der Waals surface area (Å²) in [5.41, 5.74) is 1.42. The van der Waals surface area contributed by atoms with Crippen molar-refractivity contribution in [2.24, 2.45) is 5.92 Å². The van der Waals surface area contributed by atoms with E-state index in [9.17, 15) is 9.90 Å². The molecule has 2 N–H and O–H groups in total. The highest BCUT2D eigenvalue weighted by Crippen LogP contribution is 2.52. The third-order valence-corrected chi connectivity index (χ3v) is 6.06. The molecule has 1 aromatic carbocycles. The van der Waals surface area contributed by atoms with E-state index in [0.29, 0.717) is 23.4 Å². The van der Waals surface area contributed by atoms with Gasteiger partial charge < -0.3 is 14.9 Å². The zero-order valence-corrected chi connectivity index (χ0v) is 15.0. The maximum atomic E-state index is 11.1. The lowest BCUT2D eigenvalue weighted by Gasteiger charge is -2.46. The van der Waals surface area contributed by atoms with E-state index in [1.807, 2.05) is 13.0 Å². The highest BCUT2D eigenvalue weighted by Gasteiger charge is 2.55. The molecule has 3 atom stereocenters. The lowest BCUT2D eigenvalue weighted by molar-refractivity contribution is 0.0575. The number of hydrogen-bond donors (Lipinski definition) is 2. The third-order valence-electron chi connectivity index (χ3n) is 4.24. The fraction of sp³-hybridized carbons (Fsp3) is 0.353. The van der Waals surface area contributed by atoms with Crippen LogP contribution in [0.15, 0.2) is 35.1 Å². The van der Waals surface area contributed by atoms with E-state index in [1.54, 1.807) is 23.1 Å². The molecule has 3 rings (SSSR count). The minimum atomic E-state index is -1.40. The topological polar surface area (TPSA) is 93.8 Å². The second-order valence-corrected chi connectivity index (χ2v) is 7.43. The number of rotatable bonds is 5. The van der Waals surface area contributed by atoms with Gasteiger partial charge in [-0.15, -0.1) is 0 Å². The van der Waals surface area contributed by atoms with Gasteiger partial charge in [0.25, 0.3) is 0 Å². The molecule has 0 bridgehead atoms. The molecule has 6 nitrogen and oxygen atoms in total. The molecule has 1 aromatic rings. The van der Waals surface area contributed by atoms with E-state index in [1.165, 1.54) is 11.8 Å². The minimum Gasteiger partial charge on any atom is -0.449 e. The van der Waals surface area contributed by atoms with E-state index in [0.717, 1.165) is 10.5 Å². The average molecular weight is 376 g/mol. The summed E-state index contributed by atoms with van der Waals surface area (Å²) in [5.74, 6) is 0.0229. The number of nitrogens with zero attached hydrogens (tertiary/aromatic N) is 2. The van der Waals surface area contributed by atoms with Crippen molar-refractivity contribution in [2.75, 3.05) is 0 Å². The first kappa shape index (κ1) is 17.7. The maximum Gasteiger partial charge on any atom is 0.512 e. The number of thioether (sulfide) groups is 1. The fourth-order valence-corrected chi connectivity index (χ4v) is 5.20. The van der Waals surface area contributed by atoms with Crippen molar-refractivity contribution in [1.82, 2.24) is 4.90 Å². The van der Waals surface area contributed by atoms with Gasteiger partial charge in [-0.2, -0.15) is 5.26 Å². The Morgan fingerprint density at radius 2 is 2.32 bits per heavy atom. The first-order valence-electron chi connectivity index (χ1n) is 7.77. The predicted octanol–water partition coefficient (Wildman–Crippen LogP) is 3.07. The van der Waals surface area contributed by atoms with Crippen molar-refractivity contribution in [2.45, 2.75) is 31.2 Å². The number of nitriles is 1. The third kappa shape index (κ3) is 3.23. The van der Waals surface area contributed by atoms with Crippen LogP contribution in [0.3, 0.4) is 0 Å². The zero-order valence-electron chi connectivity index (χ0n) is 13.4. The molecule has 0 unspecified atom stereocenters. The van der Waals surface area contributed by atoms with Crippen molar-refractivity contribution >= 4 is 35.1 Å². The smallest absolute Gasteiger partial charge is 0.449 e. The molecule has 0 saturated carbocycles. The number of carbonyl (C=O) groups is 1. The molecular weight excluding hydrogens is 360 g/mol. The van der Waals surface area contributed by atoms with Crippen LogP contribution in [0, 0.1) is 17.2 Å². The van der Waals surface area contributed by atoms with Gasteiger partial charge in [-0.25, -0.2) is 4.79 Å². The molecule has 2 aliphatic rings. The molecule has 0 radical (unpaired) electrons. The van der Waals surface area contributed by atoms with Crippen LogP contribution in [0.1, 0.15) is 24.5 Å². The minimum absolute atomic E-state index is 0.147. The van der Waals surface area contributed by atoms with Gasteiger partial charge in [0, 0.05) is 6.42 Å². The largest absolute Gasteiger partial charge is 0.512 e. The van der Waals surface area contributed by atoms with Crippen molar-refractivity contribution in [3.8, 4) is 6.07 Å². The number of carboxylic acid groups (broad SMARTS) is 1. The van der Waals surface area contributed by atoms with Crippen LogP contribution >= 0.6 is 24.0 Å². The molecule has 8 heteroatoms. The van der Waals surface area contributed by atoms with Gasteiger partial charge in [0.1, 0.15) is 0 Å². The Balaban J connectivity index is 1.88. The van der Waals surface area contributed by atoms with E-state index in [-0.39, 0.29) is 17.2 Å². The molecule has 1 saturated heterocycles. The average Bonchev–Trinajstić information content (AvgIpc) is 2.87. The first-order valence-corrected chi connectivity index (χ1v) is 9.05. The summed E-state index contributed by atoms with van der Waals surface area (Å²) in [7, 11) is 0. The Morgan fingerprint density at radius 1 is 1.56 bits per heavy atom. The van der Waals surface area contributed by atoms with Crippen molar-refractivity contribution in [3.05, 3.63) is 46.2 Å². The molecule has 0 aliphatic carbocycles. The maximum absolute atomic E-state index is 11.1. The van der Waals surface area contributed by atoms with Crippen LogP contribution in [0.25, 0.3) is 0 Å². The van der Waals surface area contributed by atoms with Crippen molar-refractivity contribution in [1.29, 1.82) is 5.26 Å². The number of ether oxygens (including phenoxy) is 1. The van der Waals surface area contributed by atoms with E-state index in [2.05, 4.69) is 6.07 Å². The standard InChI is InChI=1S/C17H16N2O4S2/c1-2-11(20)13-15(24)19-14(23-17(21)22)12(25-16(13)19)7-9-4-3-5-10(6-9)8-18/h3-6,11,13,16,20H,2,7H2,1H3,(H,21,22)/t11-,13-,16+/m0/s1. The Hall–Kier alpha value is -2.08. The lowest BCUT2D eigenvalue weighted by atomic mass is 9.91. The van der Waals surface area contributed by atoms with Crippen LogP contribution in [-0.2, 0) is 11.2 Å². The number of fused-ring (bicyclic) bond motifs is 1. The highest BCUT2D eigenvalue weighted by molar-refractivity contribution is 8.04. The molecule has 25 heavy (non-hydrogen) atoms. The van der Waals surface area contributed by atoms with Gasteiger partial charge in [0.05, 0.1) is 38.9 Å². The molecule has 2 heterocycles. The summed E-state index contributed by atoms with van der Waals surface area (Å²) in [5, 5.41) is 28.1. The molecule has 130 valence electrons. The van der Waals surface area contributed by atoms with E-state index < -0.39 is 12.3 Å². The first-order chi connectivity index (χ1) is 12.0. The monoisotopic (exact) mass is 376 g/mol. The Bertz CT molecular complexity index is 802. The molecular formula is C17H16N2O4S2. The molecule has 2 aliphatic heterocycles. The lowest BCUT2D eigenvalue weighted by Crippen LogP contribution is -2.59. The summed E-state index contributed by atoms with van der Waals surface area (Å²) >= 11 is 6.84. The summed E-state index contributed by atoms with van der Waals surface area (Å²) in [6, 6.07) is 9.23. The number of aliphatic hydroxyl groups excluding tert-OH is 1. The summed E-state index contributed by atoms with van der Waals surface area (Å²) in [6.45, 7) is 1.88. The van der Waals surface area contributed by atoms with Gasteiger partial charge >= 0.3 is 6.16 Å². The summed E-state index contributed by atoms with van der Waals surface area (Å²) in [6.07, 6.45) is -0.951. The van der Waals surface area contributed by atoms with Crippen molar-refractivity contribution in [3.63, 3.8) is 0 Å². The SMILES string of the molecule is CC[C@H](O)[C@H]1C(=S)N2C(OC(=O)O)=C(Cc3cccc(C#N)c3)S[C@H]12. The van der Waals surface area contributed by atoms with Gasteiger partial charge in [-0.05, 0) is 24.1 Å². The summed E-state index contributed by atoms with van der Waals surface area (Å²) < 4.78 is 4.99. The van der Waals surface area contributed by atoms with E-state index in [4.69, 9.17) is 27.3 Å².